The molecule has 0 atom stereocenters. The molecule has 0 aliphatic carbocycles. The van der Waals surface area contributed by atoms with Crippen LogP contribution in [0.4, 0.5) is 0 Å². The van der Waals surface area contributed by atoms with Crippen molar-refractivity contribution in [3.63, 3.8) is 0 Å². The SMILES string of the molecule is CC(C)c1ccc(-c2nc(CC(=O)[O-])c(-c3ccc(Cl)s3)o2)cc1. The Morgan fingerprint density at radius 3 is 2.50 bits per heavy atom. The highest BCUT2D eigenvalue weighted by atomic mass is 35.5. The molecule has 0 saturated carbocycles. The molecule has 0 bridgehead atoms. The number of halogens is 1. The van der Waals surface area contributed by atoms with Crippen LogP contribution < -0.4 is 5.11 Å². The lowest BCUT2D eigenvalue weighted by Crippen LogP contribution is -2.24. The minimum Gasteiger partial charge on any atom is -0.550 e. The summed E-state index contributed by atoms with van der Waals surface area (Å²) in [6.45, 7) is 4.24. The lowest BCUT2D eigenvalue weighted by molar-refractivity contribution is -0.304. The summed E-state index contributed by atoms with van der Waals surface area (Å²) in [6.07, 6.45) is -0.307. The zero-order valence-corrected chi connectivity index (χ0v) is 14.8. The van der Waals surface area contributed by atoms with Crippen LogP contribution in [0.2, 0.25) is 4.34 Å². The number of hydrogen-bond acceptors (Lipinski definition) is 5. The van der Waals surface area contributed by atoms with Gasteiger partial charge in [-0.2, -0.15) is 0 Å². The number of aromatic nitrogens is 1. The van der Waals surface area contributed by atoms with Crippen molar-refractivity contribution in [1.82, 2.24) is 4.98 Å². The van der Waals surface area contributed by atoms with Gasteiger partial charge in [-0.3, -0.25) is 0 Å². The molecule has 0 radical (unpaired) electrons. The molecule has 3 aromatic rings. The van der Waals surface area contributed by atoms with Crippen LogP contribution in [0.15, 0.2) is 40.8 Å². The molecule has 6 heteroatoms. The van der Waals surface area contributed by atoms with Gasteiger partial charge in [-0.1, -0.05) is 37.6 Å². The molecule has 4 nitrogen and oxygen atoms in total. The average molecular weight is 361 g/mol. The molecule has 0 unspecified atom stereocenters. The first-order valence-corrected chi connectivity index (χ1v) is 8.69. The number of nitrogens with zero attached hydrogens (tertiary/aromatic N) is 1. The number of carbonyl (C=O) groups excluding carboxylic acids is 1. The number of hydrogen-bond donors (Lipinski definition) is 0. The van der Waals surface area contributed by atoms with Gasteiger partial charge >= 0.3 is 0 Å². The molecular weight excluding hydrogens is 346 g/mol. The van der Waals surface area contributed by atoms with Gasteiger partial charge < -0.3 is 14.3 Å². The van der Waals surface area contributed by atoms with E-state index in [0.29, 0.717) is 27.6 Å². The average Bonchev–Trinajstić information content (AvgIpc) is 3.13. The van der Waals surface area contributed by atoms with Gasteiger partial charge in [-0.25, -0.2) is 4.98 Å². The number of oxazole rings is 1. The second kappa shape index (κ2) is 6.79. The van der Waals surface area contributed by atoms with Crippen molar-refractivity contribution >= 4 is 28.9 Å². The topological polar surface area (TPSA) is 66.2 Å². The molecule has 0 aliphatic heterocycles. The fraction of sp³-hybridized carbons (Fsp3) is 0.222. The van der Waals surface area contributed by atoms with Crippen molar-refractivity contribution in [2.24, 2.45) is 0 Å². The van der Waals surface area contributed by atoms with Gasteiger partial charge in [0.15, 0.2) is 5.76 Å². The van der Waals surface area contributed by atoms with Crippen molar-refractivity contribution in [1.29, 1.82) is 0 Å². The molecule has 1 aromatic carbocycles. The Kier molecular flexibility index (Phi) is 4.73. The highest BCUT2D eigenvalue weighted by molar-refractivity contribution is 7.19. The summed E-state index contributed by atoms with van der Waals surface area (Å²) < 4.78 is 6.45. The van der Waals surface area contributed by atoms with Crippen LogP contribution >= 0.6 is 22.9 Å². The molecule has 124 valence electrons. The molecule has 0 saturated heterocycles. The summed E-state index contributed by atoms with van der Waals surface area (Å²) in [5.41, 5.74) is 2.36. The van der Waals surface area contributed by atoms with E-state index in [0.717, 1.165) is 10.4 Å². The van der Waals surface area contributed by atoms with Gasteiger partial charge in [-0.15, -0.1) is 11.3 Å². The van der Waals surface area contributed by atoms with Crippen LogP contribution in [-0.4, -0.2) is 11.0 Å². The predicted octanol–water partition coefficient (Wildman–Crippen LogP) is 4.14. The second-order valence-electron chi connectivity index (χ2n) is 5.72. The van der Waals surface area contributed by atoms with E-state index >= 15 is 0 Å². The Morgan fingerprint density at radius 2 is 1.96 bits per heavy atom. The quantitative estimate of drug-likeness (QED) is 0.685. The minimum absolute atomic E-state index is 0.307. The zero-order valence-electron chi connectivity index (χ0n) is 13.2. The van der Waals surface area contributed by atoms with Crippen LogP contribution in [0.1, 0.15) is 31.0 Å². The molecule has 0 amide bonds. The fourth-order valence-electron chi connectivity index (χ4n) is 2.37. The highest BCUT2D eigenvalue weighted by Gasteiger charge is 2.18. The van der Waals surface area contributed by atoms with E-state index in [1.54, 1.807) is 12.1 Å². The smallest absolute Gasteiger partial charge is 0.227 e. The van der Waals surface area contributed by atoms with E-state index < -0.39 is 5.97 Å². The lowest BCUT2D eigenvalue weighted by Gasteiger charge is -2.04. The summed E-state index contributed by atoms with van der Waals surface area (Å²) in [6, 6.07) is 11.4. The van der Waals surface area contributed by atoms with Crippen LogP contribution in [0.3, 0.4) is 0 Å². The maximum Gasteiger partial charge on any atom is 0.227 e. The Bertz CT molecular complexity index is 865. The van der Waals surface area contributed by atoms with Gasteiger partial charge in [0.25, 0.3) is 0 Å². The first-order chi connectivity index (χ1) is 11.4. The minimum atomic E-state index is -1.20. The number of carboxylic acid groups (broad SMARTS) is 1. The van der Waals surface area contributed by atoms with Crippen molar-refractivity contribution < 1.29 is 14.3 Å². The van der Waals surface area contributed by atoms with E-state index in [-0.39, 0.29) is 6.42 Å². The molecule has 0 N–H and O–H groups in total. The van der Waals surface area contributed by atoms with Crippen molar-refractivity contribution in [2.45, 2.75) is 26.2 Å². The summed E-state index contributed by atoms with van der Waals surface area (Å²) >= 11 is 7.28. The van der Waals surface area contributed by atoms with Gasteiger partial charge in [0.05, 0.1) is 14.9 Å². The standard InChI is InChI=1S/C18H16ClNO3S/c1-10(2)11-3-5-12(6-4-11)18-20-13(9-16(21)22)17(23-18)14-7-8-15(19)24-14/h3-8,10H,9H2,1-2H3,(H,21,22)/p-1. The van der Waals surface area contributed by atoms with E-state index in [2.05, 4.69) is 18.8 Å². The third-order valence-electron chi connectivity index (χ3n) is 3.63. The first kappa shape index (κ1) is 16.7. The Balaban J connectivity index is 2.02. The molecule has 0 aliphatic rings. The second-order valence-corrected chi connectivity index (χ2v) is 7.44. The number of rotatable bonds is 5. The number of benzene rings is 1. The van der Waals surface area contributed by atoms with Crippen molar-refractivity contribution in [3.8, 4) is 22.1 Å². The molecule has 3 rings (SSSR count). The summed E-state index contributed by atoms with van der Waals surface area (Å²) in [4.78, 5) is 16.1. The van der Waals surface area contributed by atoms with Gasteiger partial charge in [0, 0.05) is 18.0 Å². The maximum absolute atomic E-state index is 11.0. The molecule has 2 aromatic heterocycles. The lowest BCUT2D eigenvalue weighted by atomic mass is 10.0. The molecule has 2 heterocycles. The van der Waals surface area contributed by atoms with E-state index in [9.17, 15) is 9.90 Å². The third-order valence-corrected chi connectivity index (χ3v) is 4.86. The Labute approximate surface area is 148 Å². The van der Waals surface area contributed by atoms with E-state index in [1.807, 2.05) is 24.3 Å². The van der Waals surface area contributed by atoms with Crippen molar-refractivity contribution in [3.05, 3.63) is 52.0 Å². The van der Waals surface area contributed by atoms with E-state index in [1.165, 1.54) is 16.9 Å². The highest BCUT2D eigenvalue weighted by Crippen LogP contribution is 2.36. The normalized spacial score (nSPS) is 11.2. The number of thiophene rings is 1. The molecule has 0 spiro atoms. The van der Waals surface area contributed by atoms with Gasteiger partial charge in [0.2, 0.25) is 5.89 Å². The maximum atomic E-state index is 11.0. The number of aliphatic carboxylic acids is 1. The fourth-order valence-corrected chi connectivity index (χ4v) is 3.42. The first-order valence-electron chi connectivity index (χ1n) is 7.49. The monoisotopic (exact) mass is 360 g/mol. The number of carbonyl (C=O) groups is 1. The van der Waals surface area contributed by atoms with Crippen LogP contribution in [0, 0.1) is 0 Å². The van der Waals surface area contributed by atoms with Crippen LogP contribution in [-0.2, 0) is 11.2 Å². The summed E-state index contributed by atoms with van der Waals surface area (Å²) in [7, 11) is 0. The summed E-state index contributed by atoms with van der Waals surface area (Å²) in [5.74, 6) is 0.0510. The molecule has 0 fully saturated rings. The summed E-state index contributed by atoms with van der Waals surface area (Å²) in [5, 5.41) is 11.0. The Morgan fingerprint density at radius 1 is 1.25 bits per heavy atom. The van der Waals surface area contributed by atoms with Crippen molar-refractivity contribution in [2.75, 3.05) is 0 Å². The number of carboxylic acids is 1. The molecular formula is C18H15ClNO3S-. The largest absolute Gasteiger partial charge is 0.550 e. The molecule has 24 heavy (non-hydrogen) atoms. The van der Waals surface area contributed by atoms with Crippen LogP contribution in [0.5, 0.6) is 0 Å². The van der Waals surface area contributed by atoms with Gasteiger partial charge in [0.1, 0.15) is 0 Å². The Hall–Kier alpha value is -2.11. The third kappa shape index (κ3) is 3.52. The zero-order chi connectivity index (χ0) is 17.3. The predicted molar refractivity (Wildman–Crippen MR) is 93.1 cm³/mol. The van der Waals surface area contributed by atoms with E-state index in [4.69, 9.17) is 16.0 Å². The van der Waals surface area contributed by atoms with Crippen LogP contribution in [0.25, 0.3) is 22.1 Å². The van der Waals surface area contributed by atoms with Gasteiger partial charge in [-0.05, 0) is 35.7 Å².